The lowest BCUT2D eigenvalue weighted by Gasteiger charge is -2.48. The minimum Gasteiger partial charge on any atom is -0.467 e. The number of rotatable bonds is 13. The standard InChI is InChI=1S/C41H59N3O15/c1-24-17-30(18-25(2)34(24)56-28(5)47)36(49)42-21-33(55-27(4)46)35(57-29(6)48)32-19-31(54-26(3)45)20-41(58-32,37(50)52-10)12-14-44-15-16-53-23-40(44)11-13-43(22-40)38(51)59-39(7,8)9/h17-18,31-33,35H,11-16,19-23H2,1-10H3,(H,42,49)/t31-,32-,33-,35+,40+,41-/m1/s1. The van der Waals surface area contributed by atoms with Crippen molar-refractivity contribution >= 4 is 41.8 Å². The lowest BCUT2D eigenvalue weighted by Crippen LogP contribution is -2.62. The molecule has 3 aliphatic heterocycles. The molecule has 6 atom stereocenters. The maximum Gasteiger partial charge on any atom is 0.410 e. The maximum atomic E-state index is 13.9. The van der Waals surface area contributed by atoms with Crippen LogP contribution in [0.15, 0.2) is 12.1 Å². The van der Waals surface area contributed by atoms with Crippen LogP contribution in [0.1, 0.15) is 95.6 Å². The largest absolute Gasteiger partial charge is 0.467 e. The van der Waals surface area contributed by atoms with E-state index in [-0.39, 0.29) is 37.9 Å². The van der Waals surface area contributed by atoms with Gasteiger partial charge in [-0.25, -0.2) is 9.59 Å². The molecule has 3 aliphatic rings. The molecule has 0 aliphatic carbocycles. The summed E-state index contributed by atoms with van der Waals surface area (Å²) in [6, 6.07) is 3.06. The monoisotopic (exact) mass is 833 g/mol. The Kier molecular flexibility index (Phi) is 15.5. The third-order valence-corrected chi connectivity index (χ3v) is 10.4. The van der Waals surface area contributed by atoms with E-state index in [1.165, 1.54) is 33.1 Å². The summed E-state index contributed by atoms with van der Waals surface area (Å²) < 4.78 is 45.9. The minimum atomic E-state index is -1.76. The highest BCUT2D eigenvalue weighted by atomic mass is 16.6. The summed E-state index contributed by atoms with van der Waals surface area (Å²) in [5, 5.41) is 2.73. The fourth-order valence-corrected chi connectivity index (χ4v) is 8.05. The summed E-state index contributed by atoms with van der Waals surface area (Å²) in [5.74, 6) is -3.72. The lowest BCUT2D eigenvalue weighted by atomic mass is 9.83. The SMILES string of the molecule is COC(=O)[C@@]1(CCN2CCOC[C@@]23CCN(C(=O)OC(C)(C)C)C3)C[C@H](OC(C)=O)C[C@H]([C@H](OC(C)=O)[C@@H](CNC(=O)c2cc(C)c(OC(C)=O)c(C)c2)OC(C)=O)O1. The summed E-state index contributed by atoms with van der Waals surface area (Å²) in [7, 11) is 1.20. The predicted octanol–water partition coefficient (Wildman–Crippen LogP) is 2.95. The Labute approximate surface area is 344 Å². The fourth-order valence-electron chi connectivity index (χ4n) is 8.05. The molecule has 0 unspecified atom stereocenters. The van der Waals surface area contributed by atoms with E-state index in [0.29, 0.717) is 56.1 Å². The number of aryl methyl sites for hydroxylation is 2. The Morgan fingerprint density at radius 3 is 2.17 bits per heavy atom. The van der Waals surface area contributed by atoms with Crippen LogP contribution in [-0.4, -0.2) is 146 Å². The van der Waals surface area contributed by atoms with E-state index in [0.717, 1.165) is 13.8 Å². The van der Waals surface area contributed by atoms with Crippen LogP contribution in [0.3, 0.4) is 0 Å². The van der Waals surface area contributed by atoms with Crippen LogP contribution in [0.5, 0.6) is 5.75 Å². The minimum absolute atomic E-state index is 0.0198. The molecule has 2 amide bonds. The van der Waals surface area contributed by atoms with E-state index in [4.69, 9.17) is 37.9 Å². The number of methoxy groups -OCH3 is 1. The van der Waals surface area contributed by atoms with Gasteiger partial charge >= 0.3 is 35.9 Å². The lowest BCUT2D eigenvalue weighted by molar-refractivity contribution is -0.234. The highest BCUT2D eigenvalue weighted by Crippen LogP contribution is 2.40. The molecule has 1 aromatic carbocycles. The van der Waals surface area contributed by atoms with Gasteiger partial charge in [-0.1, -0.05) is 0 Å². The van der Waals surface area contributed by atoms with E-state index in [2.05, 4.69) is 10.2 Å². The molecule has 0 radical (unpaired) electrons. The van der Waals surface area contributed by atoms with Crippen molar-refractivity contribution < 1.29 is 71.5 Å². The Hall–Kier alpha value is -4.81. The first kappa shape index (κ1) is 46.9. The van der Waals surface area contributed by atoms with Crippen LogP contribution >= 0.6 is 0 Å². The van der Waals surface area contributed by atoms with Gasteiger partial charge in [-0.15, -0.1) is 0 Å². The molecule has 59 heavy (non-hydrogen) atoms. The normalized spacial score (nSPS) is 24.3. The zero-order valence-corrected chi connectivity index (χ0v) is 35.8. The van der Waals surface area contributed by atoms with Crippen molar-refractivity contribution in [3.05, 3.63) is 28.8 Å². The van der Waals surface area contributed by atoms with Gasteiger partial charge in [0.2, 0.25) is 0 Å². The zero-order chi connectivity index (χ0) is 43.9. The van der Waals surface area contributed by atoms with E-state index in [1.807, 2.05) is 0 Å². The van der Waals surface area contributed by atoms with Crippen molar-refractivity contribution in [3.8, 4) is 5.75 Å². The van der Waals surface area contributed by atoms with E-state index in [1.54, 1.807) is 39.5 Å². The van der Waals surface area contributed by atoms with E-state index >= 15 is 0 Å². The summed E-state index contributed by atoms with van der Waals surface area (Å²) in [4.78, 5) is 93.5. The smallest absolute Gasteiger partial charge is 0.410 e. The number of ether oxygens (including phenoxy) is 8. The number of amides is 2. The van der Waals surface area contributed by atoms with Gasteiger partial charge < -0.3 is 48.1 Å². The van der Waals surface area contributed by atoms with Gasteiger partial charge in [0, 0.05) is 78.7 Å². The molecule has 328 valence electrons. The van der Waals surface area contributed by atoms with E-state index < -0.39 is 83.0 Å². The molecule has 1 aromatic rings. The number of hydrogen-bond acceptors (Lipinski definition) is 16. The number of esters is 5. The molecule has 3 fully saturated rings. The van der Waals surface area contributed by atoms with Crippen molar-refractivity contribution in [1.29, 1.82) is 0 Å². The Balaban J connectivity index is 1.64. The van der Waals surface area contributed by atoms with Crippen LogP contribution in [0.4, 0.5) is 4.79 Å². The number of nitrogens with one attached hydrogen (secondary N) is 1. The Morgan fingerprint density at radius 1 is 0.932 bits per heavy atom. The average molecular weight is 834 g/mol. The van der Waals surface area contributed by atoms with Gasteiger partial charge in [0.15, 0.2) is 17.8 Å². The molecule has 0 saturated carbocycles. The summed E-state index contributed by atoms with van der Waals surface area (Å²) in [5.41, 5.74) is -1.76. The van der Waals surface area contributed by atoms with Gasteiger partial charge in [0.05, 0.1) is 32.4 Å². The third kappa shape index (κ3) is 12.4. The molecule has 0 aromatic heterocycles. The van der Waals surface area contributed by atoms with Gasteiger partial charge in [0.1, 0.15) is 23.6 Å². The topological polar surface area (TPSA) is 212 Å². The van der Waals surface area contributed by atoms with Crippen LogP contribution < -0.4 is 10.1 Å². The molecule has 0 bridgehead atoms. The van der Waals surface area contributed by atoms with Crippen LogP contribution in [0.25, 0.3) is 0 Å². The molecule has 1 N–H and O–H groups in total. The summed E-state index contributed by atoms with van der Waals surface area (Å²) >= 11 is 0. The number of carbonyl (C=O) groups excluding carboxylic acids is 7. The van der Waals surface area contributed by atoms with Crippen LogP contribution in [0, 0.1) is 13.8 Å². The van der Waals surface area contributed by atoms with Gasteiger partial charge in [0.25, 0.3) is 5.91 Å². The van der Waals surface area contributed by atoms with E-state index in [9.17, 15) is 33.6 Å². The summed E-state index contributed by atoms with van der Waals surface area (Å²) in [6.07, 6.45) is -4.96. The molecule has 3 saturated heterocycles. The molecule has 18 nitrogen and oxygen atoms in total. The first-order valence-electron chi connectivity index (χ1n) is 19.7. The second kappa shape index (κ2) is 19.5. The van der Waals surface area contributed by atoms with Gasteiger partial charge in [-0.05, 0) is 64.3 Å². The van der Waals surface area contributed by atoms with Crippen molar-refractivity contribution in [1.82, 2.24) is 15.1 Å². The van der Waals surface area contributed by atoms with Crippen molar-refractivity contribution in [2.24, 2.45) is 0 Å². The van der Waals surface area contributed by atoms with Crippen molar-refractivity contribution in [3.63, 3.8) is 0 Å². The fraction of sp³-hybridized carbons (Fsp3) is 0.683. The Morgan fingerprint density at radius 2 is 1.59 bits per heavy atom. The molecule has 3 heterocycles. The van der Waals surface area contributed by atoms with Gasteiger partial charge in [-0.3, -0.25) is 28.9 Å². The molecule has 1 spiro atoms. The molecule has 18 heteroatoms. The Bertz CT molecular complexity index is 1740. The van der Waals surface area contributed by atoms with Crippen molar-refractivity contribution in [2.75, 3.05) is 53.0 Å². The number of carbonyl (C=O) groups is 7. The quantitative estimate of drug-likeness (QED) is 0.172. The van der Waals surface area contributed by atoms with Crippen LogP contribution in [0.2, 0.25) is 0 Å². The van der Waals surface area contributed by atoms with Crippen molar-refractivity contribution in [2.45, 2.75) is 129 Å². The second-order valence-corrected chi connectivity index (χ2v) is 16.4. The highest BCUT2D eigenvalue weighted by Gasteiger charge is 2.55. The highest BCUT2D eigenvalue weighted by molar-refractivity contribution is 5.95. The zero-order valence-electron chi connectivity index (χ0n) is 35.8. The third-order valence-electron chi connectivity index (χ3n) is 10.4. The van der Waals surface area contributed by atoms with Crippen LogP contribution in [-0.2, 0) is 57.1 Å². The average Bonchev–Trinajstić information content (AvgIpc) is 3.56. The molecular formula is C41H59N3O15. The maximum absolute atomic E-state index is 13.9. The first-order chi connectivity index (χ1) is 27.6. The molecular weight excluding hydrogens is 774 g/mol. The molecule has 4 rings (SSSR count). The number of likely N-dealkylation sites (tertiary alicyclic amines) is 1. The van der Waals surface area contributed by atoms with Gasteiger partial charge in [-0.2, -0.15) is 0 Å². The number of hydrogen-bond donors (Lipinski definition) is 1. The predicted molar refractivity (Wildman–Crippen MR) is 207 cm³/mol. The number of benzene rings is 1. The number of nitrogens with zero attached hydrogens (tertiary/aromatic N) is 2. The summed E-state index contributed by atoms with van der Waals surface area (Å²) in [6.45, 7) is 15.4. The second-order valence-electron chi connectivity index (χ2n) is 16.4. The first-order valence-corrected chi connectivity index (χ1v) is 19.7. The number of morpholine rings is 1.